The van der Waals surface area contributed by atoms with Gasteiger partial charge in [0.05, 0.1) is 30.8 Å². The minimum Gasteiger partial charge on any atom is -0.378 e. The second-order valence-corrected chi connectivity index (χ2v) is 13.3. The maximum atomic E-state index is 12.9. The molecule has 1 aromatic rings. The number of aromatic nitrogens is 1. The molecular weight excluding hydrogens is 588 g/mol. The molecule has 254 valence electrons. The number of likely N-dealkylation sites (tertiary alicyclic amines) is 1. The van der Waals surface area contributed by atoms with Crippen LogP contribution >= 0.6 is 0 Å². The summed E-state index contributed by atoms with van der Waals surface area (Å²) in [6.07, 6.45) is 12.2. The van der Waals surface area contributed by atoms with Crippen molar-refractivity contribution in [3.05, 3.63) is 30.1 Å². The van der Waals surface area contributed by atoms with Crippen LogP contribution < -0.4 is 16.0 Å². The Morgan fingerprint density at radius 3 is 2.35 bits per heavy atom. The summed E-state index contributed by atoms with van der Waals surface area (Å²) >= 11 is 0. The van der Waals surface area contributed by atoms with Gasteiger partial charge in [-0.25, -0.2) is 0 Å². The monoisotopic (exact) mass is 640 g/mol. The predicted octanol–water partition coefficient (Wildman–Crippen LogP) is 1.95. The number of carbonyl (C=O) groups excluding carboxylic acids is 4. The molecule has 0 spiro atoms. The predicted molar refractivity (Wildman–Crippen MR) is 171 cm³/mol. The molecule has 0 aromatic carbocycles. The second-order valence-electron chi connectivity index (χ2n) is 13.3. The molecule has 3 heterocycles. The molecule has 1 aromatic heterocycles. The molecule has 12 nitrogen and oxygen atoms in total. The van der Waals surface area contributed by atoms with Crippen LogP contribution in [0.1, 0.15) is 82.2 Å². The fourth-order valence-corrected chi connectivity index (χ4v) is 7.42. The lowest BCUT2D eigenvalue weighted by atomic mass is 9.85. The van der Waals surface area contributed by atoms with Crippen LogP contribution in [-0.2, 0) is 28.7 Å². The highest BCUT2D eigenvalue weighted by atomic mass is 16.5. The highest BCUT2D eigenvalue weighted by Gasteiger charge is 2.42. The van der Waals surface area contributed by atoms with Crippen LogP contribution in [0.2, 0.25) is 0 Å². The van der Waals surface area contributed by atoms with E-state index in [2.05, 4.69) is 20.9 Å². The van der Waals surface area contributed by atoms with Gasteiger partial charge in [0.2, 0.25) is 23.6 Å². The van der Waals surface area contributed by atoms with Crippen LogP contribution in [0, 0.1) is 11.8 Å². The zero-order chi connectivity index (χ0) is 32.3. The first-order valence-corrected chi connectivity index (χ1v) is 17.3. The van der Waals surface area contributed by atoms with Crippen molar-refractivity contribution in [2.45, 2.75) is 94.9 Å². The van der Waals surface area contributed by atoms with E-state index >= 15 is 0 Å². The van der Waals surface area contributed by atoms with Gasteiger partial charge in [-0.2, -0.15) is 0 Å². The number of hydrogen-bond donors (Lipinski definition) is 3. The van der Waals surface area contributed by atoms with Gasteiger partial charge >= 0.3 is 0 Å². The van der Waals surface area contributed by atoms with E-state index in [1.807, 2.05) is 17.0 Å². The third-order valence-electron chi connectivity index (χ3n) is 10.1. The number of nitrogens with one attached hydrogen (secondary N) is 3. The van der Waals surface area contributed by atoms with Crippen molar-refractivity contribution in [3.63, 3.8) is 0 Å². The summed E-state index contributed by atoms with van der Waals surface area (Å²) < 4.78 is 12.1. The number of piperazine rings is 1. The van der Waals surface area contributed by atoms with Crippen molar-refractivity contribution in [3.8, 4) is 0 Å². The molecule has 2 saturated carbocycles. The second kappa shape index (κ2) is 17.2. The summed E-state index contributed by atoms with van der Waals surface area (Å²) in [5.41, 5.74) is 0.864. The number of ether oxygens (including phenoxy) is 2. The van der Waals surface area contributed by atoms with E-state index in [-0.39, 0.29) is 60.3 Å². The first-order valence-electron chi connectivity index (χ1n) is 17.3. The normalized spacial score (nSPS) is 28.6. The van der Waals surface area contributed by atoms with Crippen LogP contribution in [0.5, 0.6) is 0 Å². The van der Waals surface area contributed by atoms with Gasteiger partial charge in [-0.15, -0.1) is 0 Å². The summed E-state index contributed by atoms with van der Waals surface area (Å²) in [6.45, 7) is 4.75. The number of carbonyl (C=O) groups is 4. The van der Waals surface area contributed by atoms with Crippen molar-refractivity contribution in [1.82, 2.24) is 30.7 Å². The Morgan fingerprint density at radius 1 is 0.978 bits per heavy atom. The molecule has 4 amide bonds. The number of hydrogen-bond acceptors (Lipinski definition) is 8. The molecule has 46 heavy (non-hydrogen) atoms. The quantitative estimate of drug-likeness (QED) is 0.278. The zero-order valence-corrected chi connectivity index (χ0v) is 27.3. The zero-order valence-electron chi connectivity index (χ0n) is 27.3. The van der Waals surface area contributed by atoms with Crippen LogP contribution in [0.15, 0.2) is 24.5 Å². The van der Waals surface area contributed by atoms with E-state index in [0.29, 0.717) is 32.6 Å². The molecule has 2 aliphatic carbocycles. The van der Waals surface area contributed by atoms with Gasteiger partial charge in [-0.05, 0) is 69.4 Å². The molecular formula is C34H52N6O6. The summed E-state index contributed by atoms with van der Waals surface area (Å²) in [5.74, 6) is -0.156. The summed E-state index contributed by atoms with van der Waals surface area (Å²) in [5, 5.41) is 9.43. The molecule has 2 saturated heterocycles. The average molecular weight is 641 g/mol. The Morgan fingerprint density at radius 2 is 1.67 bits per heavy atom. The molecule has 0 unspecified atom stereocenters. The van der Waals surface area contributed by atoms with Gasteiger partial charge in [0.15, 0.2) is 0 Å². The average Bonchev–Trinajstić information content (AvgIpc) is 3.39. The largest absolute Gasteiger partial charge is 0.378 e. The molecule has 0 bridgehead atoms. The molecule has 4 fully saturated rings. The summed E-state index contributed by atoms with van der Waals surface area (Å²) in [6, 6.07) is 3.58. The molecule has 4 aliphatic rings. The SMILES string of the molecule is CN1C(=O)C[C@H](C(=O)NCCOC2CCC(OCCCC(=O)NC3CCC(C(=O)N4CCNCC4)CC3)CC2)[C@H]1c1cccnc1. The van der Waals surface area contributed by atoms with E-state index in [1.54, 1.807) is 24.3 Å². The van der Waals surface area contributed by atoms with Gasteiger partial charge in [-0.1, -0.05) is 6.07 Å². The van der Waals surface area contributed by atoms with Gasteiger partial charge in [0.25, 0.3) is 0 Å². The van der Waals surface area contributed by atoms with E-state index in [4.69, 9.17) is 9.47 Å². The Bertz CT molecular complexity index is 1150. The fraction of sp³-hybridized carbons (Fsp3) is 0.735. The summed E-state index contributed by atoms with van der Waals surface area (Å²) in [7, 11) is 1.74. The molecule has 2 atom stereocenters. The lowest BCUT2D eigenvalue weighted by Crippen LogP contribution is -2.49. The van der Waals surface area contributed by atoms with Gasteiger partial charge in [-0.3, -0.25) is 24.2 Å². The van der Waals surface area contributed by atoms with E-state index in [0.717, 1.165) is 83.1 Å². The van der Waals surface area contributed by atoms with Gasteiger partial charge < -0.3 is 35.2 Å². The van der Waals surface area contributed by atoms with Gasteiger partial charge in [0.1, 0.15) is 0 Å². The number of rotatable bonds is 13. The third kappa shape index (κ3) is 9.48. The topological polar surface area (TPSA) is 142 Å². The standard InChI is InChI=1S/C34H52N6O6/c1-39-31(42)22-29(32(39)25-4-2-14-36-23-25)33(43)37-17-21-46-28-12-10-27(11-13-28)45-20-3-5-30(41)38-26-8-6-24(7-9-26)34(44)40-18-15-35-16-19-40/h2,4,14,23-24,26-29,32,35H,3,5-13,15-22H2,1H3,(H,37,43)(H,38,41)/t24?,26?,27?,28?,29-,32+/m0/s1. The maximum absolute atomic E-state index is 12.9. The van der Waals surface area contributed by atoms with Crippen molar-refractivity contribution >= 4 is 23.6 Å². The van der Waals surface area contributed by atoms with Crippen molar-refractivity contribution < 1.29 is 28.7 Å². The Labute approximate surface area is 272 Å². The molecule has 5 rings (SSSR count). The first kappa shape index (κ1) is 34.3. The molecule has 2 aliphatic heterocycles. The van der Waals surface area contributed by atoms with E-state index in [1.165, 1.54) is 0 Å². The van der Waals surface area contributed by atoms with Crippen molar-refractivity contribution in [2.24, 2.45) is 11.8 Å². The first-order chi connectivity index (χ1) is 22.4. The third-order valence-corrected chi connectivity index (χ3v) is 10.1. The van der Waals surface area contributed by atoms with Gasteiger partial charge in [0, 0.05) is 83.6 Å². The van der Waals surface area contributed by atoms with Crippen molar-refractivity contribution in [1.29, 1.82) is 0 Å². The van der Waals surface area contributed by atoms with E-state index < -0.39 is 5.92 Å². The number of amides is 4. The minimum atomic E-state index is -0.445. The maximum Gasteiger partial charge on any atom is 0.226 e. The lowest BCUT2D eigenvalue weighted by Gasteiger charge is -2.34. The Kier molecular flexibility index (Phi) is 12.8. The minimum absolute atomic E-state index is 0.0402. The molecule has 12 heteroatoms. The smallest absolute Gasteiger partial charge is 0.226 e. The van der Waals surface area contributed by atoms with Crippen LogP contribution in [0.4, 0.5) is 0 Å². The van der Waals surface area contributed by atoms with Crippen LogP contribution in [0.3, 0.4) is 0 Å². The van der Waals surface area contributed by atoms with E-state index in [9.17, 15) is 19.2 Å². The number of nitrogens with zero attached hydrogens (tertiary/aromatic N) is 3. The molecule has 0 radical (unpaired) electrons. The summed E-state index contributed by atoms with van der Waals surface area (Å²) in [4.78, 5) is 58.3. The lowest BCUT2D eigenvalue weighted by molar-refractivity contribution is -0.137. The Balaban J connectivity index is 0.883. The van der Waals surface area contributed by atoms with Crippen LogP contribution in [-0.4, -0.2) is 110 Å². The Hall–Kier alpha value is -3.09. The van der Waals surface area contributed by atoms with Crippen molar-refractivity contribution in [2.75, 3.05) is 53.0 Å². The highest BCUT2D eigenvalue weighted by Crippen LogP contribution is 2.36. The molecule has 3 N–H and O–H groups in total. The fourth-order valence-electron chi connectivity index (χ4n) is 7.42. The number of pyridine rings is 1. The highest BCUT2D eigenvalue weighted by molar-refractivity contribution is 5.90. The van der Waals surface area contributed by atoms with Crippen LogP contribution in [0.25, 0.3) is 0 Å².